The molecule has 20 heavy (non-hydrogen) atoms. The molecule has 2 aromatic rings. The second kappa shape index (κ2) is 5.61. The second-order valence-corrected chi connectivity index (χ2v) is 6.57. The van der Waals surface area contributed by atoms with Crippen LogP contribution in [0.2, 0.25) is 5.02 Å². The molecule has 0 aliphatic carbocycles. The Morgan fingerprint density at radius 2 is 1.95 bits per heavy atom. The van der Waals surface area contributed by atoms with E-state index in [1.54, 1.807) is 18.2 Å². The van der Waals surface area contributed by atoms with Crippen molar-refractivity contribution in [3.63, 3.8) is 0 Å². The molecule has 0 saturated heterocycles. The van der Waals surface area contributed by atoms with Gasteiger partial charge in [-0.1, -0.05) is 23.7 Å². The number of halogens is 2. The van der Waals surface area contributed by atoms with Crippen molar-refractivity contribution in [1.82, 2.24) is 0 Å². The Labute approximate surface area is 121 Å². The first kappa shape index (κ1) is 14.5. The van der Waals surface area contributed by atoms with E-state index < -0.39 is 15.7 Å². The predicted molar refractivity (Wildman–Crippen MR) is 73.5 cm³/mol. The van der Waals surface area contributed by atoms with E-state index in [0.29, 0.717) is 10.6 Å². The fourth-order valence-corrected chi connectivity index (χ4v) is 3.34. The van der Waals surface area contributed by atoms with Crippen LogP contribution in [0.1, 0.15) is 11.1 Å². The minimum Gasteiger partial charge on any atom is -0.223 e. The molecule has 0 fully saturated rings. The molecule has 0 unspecified atom stereocenters. The lowest BCUT2D eigenvalue weighted by Crippen LogP contribution is -2.05. The van der Waals surface area contributed by atoms with Crippen LogP contribution in [-0.4, -0.2) is 8.42 Å². The molecule has 0 aliphatic heterocycles. The first-order chi connectivity index (χ1) is 9.42. The topological polar surface area (TPSA) is 57.9 Å². The standard InChI is InChI=1S/C14H9ClFNO2S/c15-12-2-1-3-13(7-12)20(18,19)9-10-4-5-14(16)11(6-10)8-17/h1-7H,9H2. The van der Waals surface area contributed by atoms with Crippen molar-refractivity contribution in [2.24, 2.45) is 0 Å². The van der Waals surface area contributed by atoms with Gasteiger partial charge in [0.2, 0.25) is 0 Å². The summed E-state index contributed by atoms with van der Waals surface area (Å²) in [4.78, 5) is 0.0906. The number of benzene rings is 2. The zero-order valence-corrected chi connectivity index (χ0v) is 11.7. The van der Waals surface area contributed by atoms with Crippen molar-refractivity contribution >= 4 is 21.4 Å². The van der Waals surface area contributed by atoms with Crippen LogP contribution in [0.25, 0.3) is 0 Å². The lowest BCUT2D eigenvalue weighted by molar-refractivity contribution is 0.594. The minimum atomic E-state index is -3.59. The van der Waals surface area contributed by atoms with Crippen LogP contribution in [0, 0.1) is 17.1 Å². The molecule has 0 atom stereocenters. The van der Waals surface area contributed by atoms with E-state index in [9.17, 15) is 12.8 Å². The predicted octanol–water partition coefficient (Wildman–Crippen LogP) is 3.32. The molecule has 0 N–H and O–H groups in total. The summed E-state index contributed by atoms with van der Waals surface area (Å²) in [5, 5.41) is 9.06. The zero-order chi connectivity index (χ0) is 14.8. The first-order valence-corrected chi connectivity index (χ1v) is 7.62. The lowest BCUT2D eigenvalue weighted by Gasteiger charge is -2.06. The van der Waals surface area contributed by atoms with E-state index in [1.165, 1.54) is 24.3 Å². The highest BCUT2D eigenvalue weighted by Crippen LogP contribution is 2.21. The number of hydrogen-bond donors (Lipinski definition) is 0. The number of nitriles is 1. The summed E-state index contributed by atoms with van der Waals surface area (Å²) >= 11 is 5.77. The summed E-state index contributed by atoms with van der Waals surface area (Å²) in [5.41, 5.74) is 0.173. The zero-order valence-electron chi connectivity index (χ0n) is 10.2. The van der Waals surface area contributed by atoms with Crippen molar-refractivity contribution in [2.45, 2.75) is 10.6 Å². The Morgan fingerprint density at radius 1 is 1.20 bits per heavy atom. The first-order valence-electron chi connectivity index (χ1n) is 5.59. The van der Waals surface area contributed by atoms with Crippen LogP contribution >= 0.6 is 11.6 Å². The van der Waals surface area contributed by atoms with Gasteiger partial charge in [0.15, 0.2) is 9.84 Å². The van der Waals surface area contributed by atoms with Crippen LogP contribution in [0.3, 0.4) is 0 Å². The van der Waals surface area contributed by atoms with Crippen molar-refractivity contribution in [1.29, 1.82) is 5.26 Å². The summed E-state index contributed by atoms with van der Waals surface area (Å²) in [7, 11) is -3.59. The third-order valence-corrected chi connectivity index (χ3v) is 4.58. The molecular formula is C14H9ClFNO2S. The maximum Gasteiger partial charge on any atom is 0.182 e. The Hall–Kier alpha value is -1.90. The van der Waals surface area contributed by atoms with Crippen LogP contribution in [-0.2, 0) is 15.6 Å². The summed E-state index contributed by atoms with van der Waals surface area (Å²) in [6.45, 7) is 0. The van der Waals surface area contributed by atoms with Gasteiger partial charge in [0, 0.05) is 5.02 Å². The van der Waals surface area contributed by atoms with Gasteiger partial charge >= 0.3 is 0 Å². The van der Waals surface area contributed by atoms with Gasteiger partial charge in [-0.05, 0) is 35.9 Å². The van der Waals surface area contributed by atoms with Gasteiger partial charge in [0.25, 0.3) is 0 Å². The SMILES string of the molecule is N#Cc1cc(CS(=O)(=O)c2cccc(Cl)c2)ccc1F. The Kier molecular flexibility index (Phi) is 4.07. The Morgan fingerprint density at radius 3 is 2.60 bits per heavy atom. The van der Waals surface area contributed by atoms with Crippen molar-refractivity contribution < 1.29 is 12.8 Å². The van der Waals surface area contributed by atoms with Crippen LogP contribution < -0.4 is 0 Å². The van der Waals surface area contributed by atoms with Gasteiger partial charge in [-0.2, -0.15) is 5.26 Å². The maximum atomic E-state index is 13.2. The molecule has 102 valence electrons. The quantitative estimate of drug-likeness (QED) is 0.874. The summed E-state index contributed by atoms with van der Waals surface area (Å²) in [6, 6.07) is 11.3. The molecule has 0 heterocycles. The maximum absolute atomic E-state index is 13.2. The van der Waals surface area contributed by atoms with E-state index in [4.69, 9.17) is 16.9 Å². The molecule has 0 aromatic heterocycles. The molecule has 0 aliphatic rings. The molecule has 6 heteroatoms. The fourth-order valence-electron chi connectivity index (χ4n) is 1.71. The molecule has 3 nitrogen and oxygen atoms in total. The average Bonchev–Trinajstić information content (AvgIpc) is 2.40. The summed E-state index contributed by atoms with van der Waals surface area (Å²) in [5.74, 6) is -0.987. The summed E-state index contributed by atoms with van der Waals surface area (Å²) in [6.07, 6.45) is 0. The third kappa shape index (κ3) is 3.16. The molecule has 0 saturated carbocycles. The van der Waals surface area contributed by atoms with Crippen LogP contribution in [0.4, 0.5) is 4.39 Å². The summed E-state index contributed by atoms with van der Waals surface area (Å²) < 4.78 is 37.6. The number of hydrogen-bond acceptors (Lipinski definition) is 3. The van der Waals surface area contributed by atoms with Crippen molar-refractivity contribution in [3.8, 4) is 6.07 Å². The number of nitrogens with zero attached hydrogens (tertiary/aromatic N) is 1. The fraction of sp³-hybridized carbons (Fsp3) is 0.0714. The third-order valence-electron chi connectivity index (χ3n) is 2.66. The minimum absolute atomic E-state index is 0.0906. The molecule has 0 spiro atoms. The Bertz CT molecular complexity index is 797. The van der Waals surface area contributed by atoms with E-state index >= 15 is 0 Å². The van der Waals surface area contributed by atoms with Crippen LogP contribution in [0.15, 0.2) is 47.4 Å². The molecular weight excluding hydrogens is 301 g/mol. The lowest BCUT2D eigenvalue weighted by atomic mass is 10.1. The van der Waals surface area contributed by atoms with Gasteiger partial charge in [0.05, 0.1) is 16.2 Å². The van der Waals surface area contributed by atoms with E-state index in [0.717, 1.165) is 6.07 Å². The van der Waals surface area contributed by atoms with Gasteiger partial charge in [-0.15, -0.1) is 0 Å². The van der Waals surface area contributed by atoms with Gasteiger partial charge in [0.1, 0.15) is 11.9 Å². The highest BCUT2D eigenvalue weighted by molar-refractivity contribution is 7.90. The second-order valence-electron chi connectivity index (χ2n) is 4.14. The van der Waals surface area contributed by atoms with E-state index in [2.05, 4.69) is 0 Å². The Balaban J connectivity index is 2.36. The molecule has 2 aromatic carbocycles. The normalized spacial score (nSPS) is 11.1. The molecule has 0 radical (unpaired) electrons. The highest BCUT2D eigenvalue weighted by atomic mass is 35.5. The monoisotopic (exact) mass is 309 g/mol. The van der Waals surface area contributed by atoms with Gasteiger partial charge < -0.3 is 0 Å². The highest BCUT2D eigenvalue weighted by Gasteiger charge is 2.16. The number of sulfone groups is 1. The van der Waals surface area contributed by atoms with Crippen molar-refractivity contribution in [2.75, 3.05) is 0 Å². The van der Waals surface area contributed by atoms with Crippen LogP contribution in [0.5, 0.6) is 0 Å². The van der Waals surface area contributed by atoms with Gasteiger partial charge in [-0.3, -0.25) is 0 Å². The molecule has 0 amide bonds. The van der Waals surface area contributed by atoms with E-state index in [1.807, 2.05) is 0 Å². The number of rotatable bonds is 3. The van der Waals surface area contributed by atoms with E-state index in [-0.39, 0.29) is 16.2 Å². The smallest absolute Gasteiger partial charge is 0.182 e. The average molecular weight is 310 g/mol. The molecule has 0 bridgehead atoms. The van der Waals surface area contributed by atoms with Gasteiger partial charge in [-0.25, -0.2) is 12.8 Å². The van der Waals surface area contributed by atoms with Crippen molar-refractivity contribution in [3.05, 3.63) is 64.4 Å². The molecule has 2 rings (SSSR count). The largest absolute Gasteiger partial charge is 0.223 e.